The van der Waals surface area contributed by atoms with Crippen molar-refractivity contribution in [3.05, 3.63) is 25.3 Å². The first-order valence-electron chi connectivity index (χ1n) is 5.39. The van der Waals surface area contributed by atoms with Crippen LogP contribution >= 0.6 is 0 Å². The van der Waals surface area contributed by atoms with Gasteiger partial charge < -0.3 is 14.2 Å². The van der Waals surface area contributed by atoms with Gasteiger partial charge in [-0.25, -0.2) is 0 Å². The van der Waals surface area contributed by atoms with Crippen molar-refractivity contribution in [2.75, 3.05) is 26.4 Å². The van der Waals surface area contributed by atoms with Crippen molar-refractivity contribution < 1.29 is 14.2 Å². The van der Waals surface area contributed by atoms with E-state index in [2.05, 4.69) is 13.2 Å². The van der Waals surface area contributed by atoms with E-state index in [4.69, 9.17) is 14.2 Å². The van der Waals surface area contributed by atoms with Crippen LogP contribution in [0.3, 0.4) is 0 Å². The average molecular weight is 212 g/mol. The van der Waals surface area contributed by atoms with Crippen LogP contribution in [0.2, 0.25) is 0 Å². The Labute approximate surface area is 91.7 Å². The van der Waals surface area contributed by atoms with E-state index in [1.807, 2.05) is 12.2 Å². The Morgan fingerprint density at radius 2 is 1.40 bits per heavy atom. The summed E-state index contributed by atoms with van der Waals surface area (Å²) in [5, 5.41) is 0. The molecule has 2 atom stereocenters. The molecule has 0 spiro atoms. The molecule has 15 heavy (non-hydrogen) atoms. The molecule has 2 aliphatic rings. The maximum absolute atomic E-state index is 5.23. The van der Waals surface area contributed by atoms with Gasteiger partial charge in [0.05, 0.1) is 26.4 Å². The van der Waals surface area contributed by atoms with Crippen molar-refractivity contribution >= 4 is 0 Å². The molecule has 0 bridgehead atoms. The molecule has 0 saturated carbocycles. The highest BCUT2D eigenvalue weighted by Crippen LogP contribution is 2.12. The van der Waals surface area contributed by atoms with E-state index in [0.29, 0.717) is 12.2 Å². The second-order valence-corrected chi connectivity index (χ2v) is 3.60. The van der Waals surface area contributed by atoms with Crippen molar-refractivity contribution in [1.29, 1.82) is 0 Å². The Kier molecular flexibility index (Phi) is 6.32. The molecule has 0 aromatic heterocycles. The molecule has 0 N–H and O–H groups in total. The third kappa shape index (κ3) is 8.36. The van der Waals surface area contributed by atoms with Crippen LogP contribution < -0.4 is 0 Å². The summed E-state index contributed by atoms with van der Waals surface area (Å²) in [6.07, 6.45) is 6.68. The lowest BCUT2D eigenvalue weighted by Gasteiger charge is -1.95. The molecular formula is C12H20O3. The lowest BCUT2D eigenvalue weighted by atomic mass is 10.3. The van der Waals surface area contributed by atoms with E-state index >= 15 is 0 Å². The fraction of sp³-hybridized carbons (Fsp3) is 0.667. The van der Waals surface area contributed by atoms with Crippen LogP contribution in [-0.4, -0.2) is 38.6 Å². The van der Waals surface area contributed by atoms with Gasteiger partial charge in [-0.05, 0) is 12.8 Å². The monoisotopic (exact) mass is 212 g/mol. The van der Waals surface area contributed by atoms with E-state index in [-0.39, 0.29) is 0 Å². The minimum absolute atomic E-state index is 0.392. The summed E-state index contributed by atoms with van der Waals surface area (Å²) in [4.78, 5) is 0. The van der Waals surface area contributed by atoms with Crippen LogP contribution in [0, 0.1) is 0 Å². The smallest absolute Gasteiger partial charge is 0.104 e. The van der Waals surface area contributed by atoms with Crippen LogP contribution in [0.15, 0.2) is 25.3 Å². The van der Waals surface area contributed by atoms with Gasteiger partial charge >= 0.3 is 0 Å². The molecule has 2 heterocycles. The highest BCUT2D eigenvalue weighted by molar-refractivity contribution is 4.74. The predicted molar refractivity (Wildman–Crippen MR) is 59.9 cm³/mol. The summed E-state index contributed by atoms with van der Waals surface area (Å²) in [5.74, 6) is 0. The highest BCUT2D eigenvalue weighted by atomic mass is 16.6. The first kappa shape index (κ1) is 12.4. The van der Waals surface area contributed by atoms with Crippen molar-refractivity contribution in [2.24, 2.45) is 0 Å². The van der Waals surface area contributed by atoms with Gasteiger partial charge in [0, 0.05) is 0 Å². The van der Waals surface area contributed by atoms with Crippen molar-refractivity contribution in [2.45, 2.75) is 25.0 Å². The average Bonchev–Trinajstić information content (AvgIpc) is 3.08. The van der Waals surface area contributed by atoms with E-state index in [1.54, 1.807) is 0 Å². The van der Waals surface area contributed by atoms with Gasteiger partial charge in [-0.15, -0.1) is 13.2 Å². The number of ether oxygens (including phenoxy) is 3. The van der Waals surface area contributed by atoms with E-state index in [0.717, 1.165) is 39.3 Å². The summed E-state index contributed by atoms with van der Waals surface area (Å²) in [6.45, 7) is 10.4. The van der Waals surface area contributed by atoms with Gasteiger partial charge in [0.15, 0.2) is 0 Å². The van der Waals surface area contributed by atoms with Crippen LogP contribution in [0.4, 0.5) is 0 Å². The summed E-state index contributed by atoms with van der Waals surface area (Å²) in [6, 6.07) is 0. The number of rotatable bonds is 7. The number of allylic oxidation sites excluding steroid dienone is 2. The summed E-state index contributed by atoms with van der Waals surface area (Å²) in [5.41, 5.74) is 0. The zero-order chi connectivity index (χ0) is 10.9. The van der Waals surface area contributed by atoms with Gasteiger partial charge in [0.1, 0.15) is 12.2 Å². The second kappa shape index (κ2) is 7.63. The Hall–Kier alpha value is -0.640. The molecular weight excluding hydrogens is 192 g/mol. The maximum Gasteiger partial charge on any atom is 0.104 e. The van der Waals surface area contributed by atoms with E-state index < -0.39 is 0 Å². The van der Waals surface area contributed by atoms with E-state index in [9.17, 15) is 0 Å². The second-order valence-electron chi connectivity index (χ2n) is 3.60. The van der Waals surface area contributed by atoms with Crippen LogP contribution in [0.5, 0.6) is 0 Å². The Morgan fingerprint density at radius 1 is 1.00 bits per heavy atom. The molecule has 2 saturated heterocycles. The molecule has 2 fully saturated rings. The molecule has 0 amide bonds. The fourth-order valence-electron chi connectivity index (χ4n) is 0.895. The van der Waals surface area contributed by atoms with Crippen LogP contribution in [0.1, 0.15) is 12.8 Å². The van der Waals surface area contributed by atoms with Gasteiger partial charge in [0.25, 0.3) is 0 Å². The lowest BCUT2D eigenvalue weighted by Crippen LogP contribution is -2.06. The Morgan fingerprint density at radius 3 is 1.67 bits per heavy atom. The van der Waals surface area contributed by atoms with Gasteiger partial charge in [-0.3, -0.25) is 0 Å². The molecule has 86 valence electrons. The SMILES string of the molecule is C(OCC1CO1)C1CO1.C=CCCC=C. The normalized spacial score (nSPS) is 26.1. The molecule has 0 aromatic carbocycles. The first-order valence-corrected chi connectivity index (χ1v) is 5.39. The van der Waals surface area contributed by atoms with Gasteiger partial charge in [-0.2, -0.15) is 0 Å². The van der Waals surface area contributed by atoms with Crippen molar-refractivity contribution in [3.8, 4) is 0 Å². The zero-order valence-electron chi connectivity index (χ0n) is 9.19. The van der Waals surface area contributed by atoms with Gasteiger partial charge in [-0.1, -0.05) is 12.2 Å². The predicted octanol–water partition coefficient (Wildman–Crippen LogP) is 1.94. The topological polar surface area (TPSA) is 34.3 Å². The number of hydrogen-bond acceptors (Lipinski definition) is 3. The maximum atomic E-state index is 5.23. The number of unbranched alkanes of at least 4 members (excludes halogenated alkanes) is 1. The zero-order valence-corrected chi connectivity index (χ0v) is 9.19. The van der Waals surface area contributed by atoms with Gasteiger partial charge in [0.2, 0.25) is 0 Å². The molecule has 3 nitrogen and oxygen atoms in total. The third-order valence-corrected chi connectivity index (χ3v) is 1.99. The first-order chi connectivity index (χ1) is 7.36. The number of epoxide rings is 2. The fourth-order valence-corrected chi connectivity index (χ4v) is 0.895. The van der Waals surface area contributed by atoms with Crippen molar-refractivity contribution in [1.82, 2.24) is 0 Å². The molecule has 2 rings (SSSR count). The van der Waals surface area contributed by atoms with Crippen LogP contribution in [0.25, 0.3) is 0 Å². The molecule has 0 radical (unpaired) electrons. The third-order valence-electron chi connectivity index (χ3n) is 1.99. The minimum atomic E-state index is 0.392. The van der Waals surface area contributed by atoms with E-state index in [1.165, 1.54) is 0 Å². The standard InChI is InChI=1S/C6H10O3.C6H10/c1(5-3-8-5)7-2-6-4-9-6;1-3-5-6-4-2/h5-6H,1-4H2;3-4H,1-2,5-6H2. The summed E-state index contributed by atoms with van der Waals surface area (Å²) >= 11 is 0. The Bertz CT molecular complexity index is 163. The Balaban J connectivity index is 0.000000167. The molecule has 3 heteroatoms. The molecule has 2 aliphatic heterocycles. The molecule has 2 unspecified atom stereocenters. The van der Waals surface area contributed by atoms with Crippen LogP contribution in [-0.2, 0) is 14.2 Å². The van der Waals surface area contributed by atoms with Crippen molar-refractivity contribution in [3.63, 3.8) is 0 Å². The lowest BCUT2D eigenvalue weighted by molar-refractivity contribution is 0.102. The summed E-state index contributed by atoms with van der Waals surface area (Å²) in [7, 11) is 0. The molecule has 0 aliphatic carbocycles. The highest BCUT2D eigenvalue weighted by Gasteiger charge is 2.26. The molecule has 0 aromatic rings. The quantitative estimate of drug-likeness (QED) is 0.367. The number of hydrogen-bond donors (Lipinski definition) is 0. The summed E-state index contributed by atoms with van der Waals surface area (Å²) < 4.78 is 15.1. The largest absolute Gasteiger partial charge is 0.376 e. The minimum Gasteiger partial charge on any atom is -0.376 e.